The van der Waals surface area contributed by atoms with Crippen molar-refractivity contribution in [1.29, 1.82) is 0 Å². The quantitative estimate of drug-likeness (QED) is 0.446. The number of nitrogens with zero attached hydrogens (tertiary/aromatic N) is 1. The molecule has 1 fully saturated rings. The van der Waals surface area contributed by atoms with Gasteiger partial charge in [0.1, 0.15) is 5.75 Å². The van der Waals surface area contributed by atoms with E-state index in [0.29, 0.717) is 30.0 Å². The predicted octanol–water partition coefficient (Wildman–Crippen LogP) is 3.91. The van der Waals surface area contributed by atoms with E-state index in [0.717, 1.165) is 36.1 Å². The number of ether oxygens (including phenoxy) is 1. The molecule has 1 aliphatic carbocycles. The summed E-state index contributed by atoms with van der Waals surface area (Å²) in [5, 5.41) is 2.92. The summed E-state index contributed by atoms with van der Waals surface area (Å²) in [5.41, 5.74) is 3.95. The fourth-order valence-electron chi connectivity index (χ4n) is 4.36. The number of sulfonamides is 1. The number of nitrogens with one attached hydrogen (secondary N) is 2. The zero-order valence-corrected chi connectivity index (χ0v) is 21.4. The van der Waals surface area contributed by atoms with Gasteiger partial charge in [0.15, 0.2) is 0 Å². The molecular weight excluding hydrogens is 490 g/mol. The highest BCUT2D eigenvalue weighted by Crippen LogP contribution is 2.32. The van der Waals surface area contributed by atoms with E-state index in [2.05, 4.69) is 10.0 Å². The van der Waals surface area contributed by atoms with Crippen LogP contribution in [0.5, 0.6) is 5.75 Å². The van der Waals surface area contributed by atoms with Crippen molar-refractivity contribution in [2.75, 3.05) is 23.9 Å². The summed E-state index contributed by atoms with van der Waals surface area (Å²) in [7, 11) is -1.90. The number of hydrogen-bond donors (Lipinski definition) is 2. The third-order valence-electron chi connectivity index (χ3n) is 6.62. The van der Waals surface area contributed by atoms with Crippen molar-refractivity contribution in [3.63, 3.8) is 0 Å². The first-order valence-electron chi connectivity index (χ1n) is 12.3. The van der Waals surface area contributed by atoms with Crippen LogP contribution >= 0.6 is 0 Å². The lowest BCUT2D eigenvalue weighted by Crippen LogP contribution is -2.28. The fraction of sp³-hybridized carbons (Fsp3) is 0.286. The predicted molar refractivity (Wildman–Crippen MR) is 142 cm³/mol. The molecule has 2 amide bonds. The Kier molecular flexibility index (Phi) is 6.99. The maximum atomic E-state index is 13.1. The SMILES string of the molecule is COc1ccc(C(=O)N2CCc3ccc(NC(=O)CCc4ccc(S(=O)(=O)NC5CC5)cc4)cc32)cc1. The second kappa shape index (κ2) is 10.4. The minimum Gasteiger partial charge on any atom is -0.497 e. The molecule has 3 aromatic rings. The van der Waals surface area contributed by atoms with Crippen LogP contribution in [0, 0.1) is 0 Å². The molecule has 1 saturated carbocycles. The first kappa shape index (κ1) is 25.0. The molecule has 0 atom stereocenters. The molecule has 9 heteroatoms. The summed E-state index contributed by atoms with van der Waals surface area (Å²) in [6.45, 7) is 0.583. The van der Waals surface area contributed by atoms with Crippen molar-refractivity contribution in [3.05, 3.63) is 83.4 Å². The number of methoxy groups -OCH3 is 1. The van der Waals surface area contributed by atoms with Gasteiger partial charge in [-0.2, -0.15) is 0 Å². The number of fused-ring (bicyclic) bond motifs is 1. The van der Waals surface area contributed by atoms with Gasteiger partial charge in [-0.3, -0.25) is 9.59 Å². The van der Waals surface area contributed by atoms with E-state index in [1.807, 2.05) is 18.2 Å². The molecular formula is C28H29N3O5S. The average molecular weight is 520 g/mol. The first-order chi connectivity index (χ1) is 17.8. The molecule has 2 N–H and O–H groups in total. The van der Waals surface area contributed by atoms with Gasteiger partial charge in [-0.25, -0.2) is 13.1 Å². The number of benzene rings is 3. The van der Waals surface area contributed by atoms with E-state index in [4.69, 9.17) is 4.74 Å². The van der Waals surface area contributed by atoms with Crippen molar-refractivity contribution in [2.45, 2.75) is 43.0 Å². The Hall–Kier alpha value is -3.69. The van der Waals surface area contributed by atoms with Crippen LogP contribution < -0.4 is 19.7 Å². The van der Waals surface area contributed by atoms with E-state index < -0.39 is 10.0 Å². The number of anilines is 2. The third-order valence-corrected chi connectivity index (χ3v) is 8.16. The normalized spacial score (nSPS) is 14.8. The van der Waals surface area contributed by atoms with Crippen molar-refractivity contribution < 1.29 is 22.7 Å². The van der Waals surface area contributed by atoms with Gasteiger partial charge in [0.25, 0.3) is 5.91 Å². The summed E-state index contributed by atoms with van der Waals surface area (Å²) in [5.74, 6) is 0.440. The summed E-state index contributed by atoms with van der Waals surface area (Å²) in [4.78, 5) is 27.7. The highest BCUT2D eigenvalue weighted by molar-refractivity contribution is 7.89. The van der Waals surface area contributed by atoms with Gasteiger partial charge < -0.3 is 15.0 Å². The molecule has 1 heterocycles. The summed E-state index contributed by atoms with van der Waals surface area (Å²) < 4.78 is 32.5. The van der Waals surface area contributed by atoms with E-state index in [1.165, 1.54) is 0 Å². The maximum absolute atomic E-state index is 13.1. The van der Waals surface area contributed by atoms with Crippen LogP contribution in [0.3, 0.4) is 0 Å². The molecule has 0 radical (unpaired) electrons. The number of hydrogen-bond acceptors (Lipinski definition) is 5. The van der Waals surface area contributed by atoms with Crippen molar-refractivity contribution in [3.8, 4) is 5.75 Å². The molecule has 3 aromatic carbocycles. The molecule has 192 valence electrons. The maximum Gasteiger partial charge on any atom is 0.258 e. The van der Waals surface area contributed by atoms with E-state index in [-0.39, 0.29) is 29.2 Å². The minimum absolute atomic E-state index is 0.0558. The molecule has 0 spiro atoms. The standard InChI is InChI=1S/C28H29N3O5S/c1-36-24-11-6-21(7-12-24)28(33)31-17-16-20-5-8-23(18-26(20)31)29-27(32)15-4-19-2-13-25(14-3-19)37(34,35)30-22-9-10-22/h2-3,5-8,11-14,18,22,30H,4,9-10,15-17H2,1H3,(H,29,32). The smallest absolute Gasteiger partial charge is 0.258 e. The van der Waals surface area contributed by atoms with Gasteiger partial charge in [0.05, 0.1) is 12.0 Å². The Morgan fingerprint density at radius 3 is 2.41 bits per heavy atom. The lowest BCUT2D eigenvalue weighted by Gasteiger charge is -2.18. The molecule has 2 aliphatic rings. The third kappa shape index (κ3) is 5.84. The van der Waals surface area contributed by atoms with Gasteiger partial charge in [-0.05, 0) is 85.3 Å². The average Bonchev–Trinajstić information content (AvgIpc) is 3.61. The van der Waals surface area contributed by atoms with E-state index >= 15 is 0 Å². The second-order valence-corrected chi connectivity index (χ2v) is 11.1. The molecule has 0 saturated heterocycles. The van der Waals surface area contributed by atoms with Gasteiger partial charge in [-0.15, -0.1) is 0 Å². The molecule has 0 aromatic heterocycles. The van der Waals surface area contributed by atoms with Crippen molar-refractivity contribution in [2.24, 2.45) is 0 Å². The highest BCUT2D eigenvalue weighted by atomic mass is 32.2. The Balaban J connectivity index is 1.19. The molecule has 0 bridgehead atoms. The molecule has 37 heavy (non-hydrogen) atoms. The van der Waals surface area contributed by atoms with Crippen molar-refractivity contribution in [1.82, 2.24) is 4.72 Å². The van der Waals surface area contributed by atoms with E-state index in [9.17, 15) is 18.0 Å². The Bertz CT molecular complexity index is 1420. The number of aryl methyl sites for hydroxylation is 1. The molecule has 8 nitrogen and oxygen atoms in total. The Labute approximate surface area is 216 Å². The summed E-state index contributed by atoms with van der Waals surface area (Å²) in [6, 6.07) is 19.4. The lowest BCUT2D eigenvalue weighted by molar-refractivity contribution is -0.116. The first-order valence-corrected chi connectivity index (χ1v) is 13.8. The van der Waals surface area contributed by atoms with Crippen LogP contribution in [-0.4, -0.2) is 39.9 Å². The highest BCUT2D eigenvalue weighted by Gasteiger charge is 2.28. The van der Waals surface area contributed by atoms with E-state index in [1.54, 1.807) is 60.5 Å². The van der Waals surface area contributed by atoms with Gasteiger partial charge in [0, 0.05) is 35.9 Å². The lowest BCUT2D eigenvalue weighted by atomic mass is 10.1. The second-order valence-electron chi connectivity index (χ2n) is 9.37. The van der Waals surface area contributed by atoms with Gasteiger partial charge in [-0.1, -0.05) is 18.2 Å². The van der Waals surface area contributed by atoms with Gasteiger partial charge in [0.2, 0.25) is 15.9 Å². The largest absolute Gasteiger partial charge is 0.497 e. The topological polar surface area (TPSA) is 105 Å². The minimum atomic E-state index is -3.49. The summed E-state index contributed by atoms with van der Waals surface area (Å²) in [6.07, 6.45) is 3.25. The van der Waals surface area contributed by atoms with Crippen LogP contribution in [0.4, 0.5) is 11.4 Å². The van der Waals surface area contributed by atoms with Crippen LogP contribution in [0.25, 0.3) is 0 Å². The van der Waals surface area contributed by atoms with Crippen LogP contribution in [0.2, 0.25) is 0 Å². The molecule has 1 aliphatic heterocycles. The summed E-state index contributed by atoms with van der Waals surface area (Å²) >= 11 is 0. The van der Waals surface area contributed by atoms with Crippen LogP contribution in [0.15, 0.2) is 71.6 Å². The Morgan fingerprint density at radius 1 is 1.00 bits per heavy atom. The Morgan fingerprint density at radius 2 is 1.73 bits per heavy atom. The zero-order chi connectivity index (χ0) is 26.0. The zero-order valence-electron chi connectivity index (χ0n) is 20.6. The van der Waals surface area contributed by atoms with Crippen molar-refractivity contribution >= 4 is 33.2 Å². The molecule has 5 rings (SSSR count). The molecule has 0 unspecified atom stereocenters. The number of rotatable bonds is 9. The van der Waals surface area contributed by atoms with Gasteiger partial charge >= 0.3 is 0 Å². The number of carbonyl (C=O) groups is 2. The van der Waals surface area contributed by atoms with Crippen LogP contribution in [-0.2, 0) is 27.7 Å². The van der Waals surface area contributed by atoms with Crippen LogP contribution in [0.1, 0.15) is 40.7 Å². The number of amides is 2. The monoisotopic (exact) mass is 519 g/mol. The fourth-order valence-corrected chi connectivity index (χ4v) is 5.67. The number of carbonyl (C=O) groups excluding carboxylic acids is 2.